The molecule has 0 spiro atoms. The summed E-state index contributed by atoms with van der Waals surface area (Å²) in [5, 5.41) is 0. The zero-order chi connectivity index (χ0) is 29.8. The van der Waals surface area contributed by atoms with Gasteiger partial charge in [-0.25, -0.2) is 14.4 Å². The second-order valence-corrected chi connectivity index (χ2v) is 8.48. The molecule has 0 aliphatic carbocycles. The Balaban J connectivity index is 0. The normalized spacial score (nSPS) is 9.71. The summed E-state index contributed by atoms with van der Waals surface area (Å²) in [6, 6.07) is 3.77. The lowest BCUT2D eigenvalue weighted by molar-refractivity contribution is -0.146. The molecule has 0 aliphatic heterocycles. The predicted octanol–water partition coefficient (Wildman–Crippen LogP) is 4.82. The molecular weight excluding hydrogens is 492 g/mol. The van der Waals surface area contributed by atoms with Gasteiger partial charge in [-0.1, -0.05) is 0 Å². The number of hydrogen-bond donors (Lipinski definition) is 0. The van der Waals surface area contributed by atoms with E-state index in [0.717, 1.165) is 17.7 Å². The van der Waals surface area contributed by atoms with E-state index in [1.807, 2.05) is 34.6 Å². The Bertz CT molecular complexity index is 967. The number of rotatable bonds is 10. The summed E-state index contributed by atoms with van der Waals surface area (Å²) in [6.07, 6.45) is 1.07. The van der Waals surface area contributed by atoms with Gasteiger partial charge in [0, 0.05) is 23.5 Å². The van der Waals surface area contributed by atoms with E-state index in [4.69, 9.17) is 9.47 Å². The summed E-state index contributed by atoms with van der Waals surface area (Å²) in [6.45, 7) is 21.6. The van der Waals surface area contributed by atoms with Crippen molar-refractivity contribution in [2.24, 2.45) is 4.99 Å². The van der Waals surface area contributed by atoms with Crippen molar-refractivity contribution < 1.29 is 33.3 Å². The number of carbonyl (C=O) groups is 3. The highest BCUT2D eigenvalue weighted by molar-refractivity contribution is 6.13. The van der Waals surface area contributed by atoms with E-state index < -0.39 is 17.9 Å². The van der Waals surface area contributed by atoms with E-state index in [1.165, 1.54) is 6.07 Å². The van der Waals surface area contributed by atoms with Crippen molar-refractivity contribution in [3.8, 4) is 0 Å². The summed E-state index contributed by atoms with van der Waals surface area (Å²) < 4.78 is 20.6. The van der Waals surface area contributed by atoms with Crippen molar-refractivity contribution in [2.75, 3.05) is 26.4 Å². The quantitative estimate of drug-likeness (QED) is 0.0790. The molecule has 0 aromatic carbocycles. The van der Waals surface area contributed by atoms with Crippen molar-refractivity contribution in [1.29, 1.82) is 0 Å². The number of pyridine rings is 1. The van der Waals surface area contributed by atoms with Gasteiger partial charge in [0.25, 0.3) is 5.56 Å². The number of ether oxygens (including phenoxy) is 4. The van der Waals surface area contributed by atoms with E-state index in [1.54, 1.807) is 38.3 Å². The fraction of sp³-hybridized carbons (Fsp3) is 0.607. The molecule has 216 valence electrons. The lowest BCUT2D eigenvalue weighted by Gasteiger charge is -2.14. The van der Waals surface area contributed by atoms with Crippen LogP contribution in [0.15, 0.2) is 33.8 Å². The number of aromatic nitrogens is 1. The van der Waals surface area contributed by atoms with Crippen LogP contribution in [0.4, 0.5) is 0 Å². The first kappa shape index (κ1) is 36.7. The highest BCUT2D eigenvalue weighted by Crippen LogP contribution is 2.07. The molecule has 0 saturated carbocycles. The molecule has 10 heteroatoms. The number of esters is 3. The maximum absolute atomic E-state index is 12.0. The first-order valence-corrected chi connectivity index (χ1v) is 12.8. The third-order valence-electron chi connectivity index (χ3n) is 4.21. The topological polar surface area (TPSA) is 122 Å². The Morgan fingerprint density at radius 3 is 1.71 bits per heavy atom. The van der Waals surface area contributed by atoms with Gasteiger partial charge >= 0.3 is 17.9 Å². The highest BCUT2D eigenvalue weighted by Gasteiger charge is 2.21. The second-order valence-electron chi connectivity index (χ2n) is 8.48. The molecular formula is C28H46N2O8. The fourth-order valence-corrected chi connectivity index (χ4v) is 2.93. The Kier molecular flexibility index (Phi) is 19.9. The van der Waals surface area contributed by atoms with E-state index in [0.29, 0.717) is 12.6 Å². The van der Waals surface area contributed by atoms with Crippen LogP contribution in [-0.2, 0) is 28.5 Å². The molecule has 0 bridgehead atoms. The van der Waals surface area contributed by atoms with Crippen molar-refractivity contribution in [2.45, 2.75) is 88.2 Å². The number of aliphatic imine (C=N–C) groups is 1. The molecule has 1 aromatic heterocycles. The lowest BCUT2D eigenvalue weighted by atomic mass is 10.2. The van der Waals surface area contributed by atoms with Crippen molar-refractivity contribution in [3.63, 3.8) is 0 Å². The zero-order valence-electron chi connectivity index (χ0n) is 24.9. The number of hydrogen-bond acceptors (Lipinski definition) is 9. The van der Waals surface area contributed by atoms with Crippen LogP contribution < -0.4 is 5.56 Å². The van der Waals surface area contributed by atoms with Crippen LogP contribution in [0.5, 0.6) is 0 Å². The van der Waals surface area contributed by atoms with Gasteiger partial charge in [0.05, 0.1) is 26.4 Å². The van der Waals surface area contributed by atoms with Crippen LogP contribution in [0.2, 0.25) is 0 Å². The minimum absolute atomic E-state index is 0.0295. The molecule has 0 radical (unpaired) electrons. The largest absolute Gasteiger partial charge is 0.500 e. The molecule has 1 aromatic rings. The van der Waals surface area contributed by atoms with E-state index in [2.05, 4.69) is 28.3 Å². The molecule has 38 heavy (non-hydrogen) atoms. The maximum atomic E-state index is 12.0. The molecule has 0 fully saturated rings. The minimum atomic E-state index is -0.732. The van der Waals surface area contributed by atoms with Crippen LogP contribution in [0.25, 0.3) is 0 Å². The van der Waals surface area contributed by atoms with Gasteiger partial charge in [-0.2, -0.15) is 0 Å². The number of aryl methyl sites for hydroxylation is 1. The third-order valence-corrected chi connectivity index (χ3v) is 4.21. The average molecular weight is 539 g/mol. The zero-order valence-corrected chi connectivity index (χ0v) is 24.9. The standard InChI is InChI=1S/C12H17NO3.C10H16O5.C6H13N/c1-5-16-12(15)10-7-6-9(4)13(8(2)3)11(10)14;1-4-13-7-8(9(11)14-5-2)10(12)15-6-3;1-5(2)7-6(3)4/h6-8H,5H2,1-4H3;7H,4-6H2,1-3H3;5H,1-4H3. The van der Waals surface area contributed by atoms with Crippen molar-refractivity contribution in [1.82, 2.24) is 4.57 Å². The highest BCUT2D eigenvalue weighted by atomic mass is 16.6. The van der Waals surface area contributed by atoms with Gasteiger partial charge in [-0.05, 0) is 88.3 Å². The lowest BCUT2D eigenvalue weighted by Crippen LogP contribution is -2.29. The number of carbonyl (C=O) groups excluding carboxylic acids is 3. The summed E-state index contributed by atoms with van der Waals surface area (Å²) >= 11 is 0. The molecule has 0 N–H and O–H groups in total. The molecule has 0 unspecified atom stereocenters. The summed E-state index contributed by atoms with van der Waals surface area (Å²) in [5.41, 5.74) is 1.60. The van der Waals surface area contributed by atoms with Gasteiger partial charge < -0.3 is 23.5 Å². The molecule has 1 rings (SSSR count). The van der Waals surface area contributed by atoms with Gasteiger partial charge in [-0.3, -0.25) is 9.79 Å². The van der Waals surface area contributed by atoms with Gasteiger partial charge in [0.1, 0.15) is 11.8 Å². The Hall–Kier alpha value is -3.43. The van der Waals surface area contributed by atoms with Crippen molar-refractivity contribution >= 4 is 23.6 Å². The third kappa shape index (κ3) is 15.0. The molecule has 10 nitrogen and oxygen atoms in total. The fourth-order valence-electron chi connectivity index (χ4n) is 2.93. The molecule has 0 amide bonds. The Morgan fingerprint density at radius 1 is 0.868 bits per heavy atom. The SMILES string of the molecule is CC(C)=NC(C)C.CCOC(=O)c1ccc(C)n(C(C)C)c1=O.CCOC=C(C(=O)OCC)C(=O)OCC. The number of nitrogens with zero attached hydrogens (tertiary/aromatic N) is 2. The van der Waals surface area contributed by atoms with Gasteiger partial charge in [0.2, 0.25) is 0 Å². The minimum Gasteiger partial charge on any atom is -0.500 e. The summed E-state index contributed by atoms with van der Waals surface area (Å²) in [7, 11) is 0. The summed E-state index contributed by atoms with van der Waals surface area (Å²) in [5.74, 6) is -2.02. The smallest absolute Gasteiger partial charge is 0.348 e. The predicted molar refractivity (Wildman–Crippen MR) is 149 cm³/mol. The maximum Gasteiger partial charge on any atom is 0.348 e. The molecule has 0 saturated heterocycles. The molecule has 1 heterocycles. The van der Waals surface area contributed by atoms with Crippen molar-refractivity contribution in [3.05, 3.63) is 45.6 Å². The van der Waals surface area contributed by atoms with Crippen LogP contribution in [0.1, 0.15) is 91.3 Å². The summed E-state index contributed by atoms with van der Waals surface area (Å²) in [4.78, 5) is 50.3. The van der Waals surface area contributed by atoms with Crippen LogP contribution >= 0.6 is 0 Å². The average Bonchev–Trinajstić information content (AvgIpc) is 2.79. The Labute approximate surface area is 227 Å². The second kappa shape index (κ2) is 20.6. The van der Waals surface area contributed by atoms with E-state index in [9.17, 15) is 19.2 Å². The Morgan fingerprint density at radius 2 is 1.37 bits per heavy atom. The van der Waals surface area contributed by atoms with E-state index >= 15 is 0 Å². The molecule has 0 aliphatic rings. The first-order valence-electron chi connectivity index (χ1n) is 12.8. The van der Waals surface area contributed by atoms with Crippen LogP contribution in [0, 0.1) is 6.92 Å². The van der Waals surface area contributed by atoms with Crippen LogP contribution in [0.3, 0.4) is 0 Å². The monoisotopic (exact) mass is 538 g/mol. The van der Waals surface area contributed by atoms with E-state index in [-0.39, 0.29) is 42.6 Å². The van der Waals surface area contributed by atoms with Crippen LogP contribution in [-0.4, -0.2) is 60.7 Å². The first-order chi connectivity index (χ1) is 17.8. The molecule has 0 atom stereocenters. The van der Waals surface area contributed by atoms with Gasteiger partial charge in [-0.15, -0.1) is 0 Å². The van der Waals surface area contributed by atoms with Gasteiger partial charge in [0.15, 0.2) is 5.57 Å².